The van der Waals surface area contributed by atoms with Crippen LogP contribution in [0.1, 0.15) is 64.2 Å². The number of aliphatic hydroxyl groups excluding tert-OH is 1. The molecule has 0 radical (unpaired) electrons. The molecule has 0 aromatic rings. The number of unbranched alkanes of at least 4 members (excludes halogenated alkanes) is 7. The zero-order valence-electron chi connectivity index (χ0n) is 13.0. The summed E-state index contributed by atoms with van der Waals surface area (Å²) < 4.78 is 0. The van der Waals surface area contributed by atoms with E-state index in [1.54, 1.807) is 0 Å². The maximum absolute atomic E-state index is 10.3. The fourth-order valence-electron chi connectivity index (χ4n) is 1.92. The second-order valence-electron chi connectivity index (χ2n) is 5.16. The van der Waals surface area contributed by atoms with Crippen molar-refractivity contribution in [3.63, 3.8) is 0 Å². The Labute approximate surface area is 129 Å². The minimum atomic E-state index is -0.688. The first kappa shape index (κ1) is 19.7. The molecule has 0 heterocycles. The van der Waals surface area contributed by atoms with Crippen LogP contribution < -0.4 is 0 Å². The van der Waals surface area contributed by atoms with Crippen LogP contribution in [-0.4, -0.2) is 22.8 Å². The van der Waals surface area contributed by atoms with E-state index in [9.17, 15) is 4.79 Å². The molecule has 0 rings (SSSR count). The van der Waals surface area contributed by atoms with E-state index in [2.05, 4.69) is 18.2 Å². The molecule has 0 saturated carbocycles. The van der Waals surface area contributed by atoms with E-state index >= 15 is 0 Å². The lowest BCUT2D eigenvalue weighted by Gasteiger charge is -1.97. The van der Waals surface area contributed by atoms with Crippen molar-refractivity contribution in [3.8, 4) is 0 Å². The topological polar surface area (TPSA) is 57.5 Å². The van der Waals surface area contributed by atoms with Crippen LogP contribution in [0.3, 0.4) is 0 Å². The zero-order chi connectivity index (χ0) is 15.6. The molecule has 0 atom stereocenters. The van der Waals surface area contributed by atoms with Crippen molar-refractivity contribution in [2.75, 3.05) is 6.61 Å². The Kier molecular flexibility index (Phi) is 15.6. The van der Waals surface area contributed by atoms with Gasteiger partial charge in [-0.3, -0.25) is 4.79 Å². The Morgan fingerprint density at radius 2 is 1.24 bits per heavy atom. The number of carboxylic acid groups (broad SMARTS) is 1. The van der Waals surface area contributed by atoms with Gasteiger partial charge >= 0.3 is 5.97 Å². The standard InChI is InChI=1S/C18H30O3/c19-17-15-13-11-9-7-5-3-1-2-4-6-8-10-12-14-16-18(20)21/h1-3,5,7,9,19H,4,6,8,10-17H2,(H,20,21)/b2-1-,5-3+,9-7+. The number of allylic oxidation sites excluding steroid dienone is 6. The molecule has 0 aromatic heterocycles. The molecule has 0 aliphatic carbocycles. The third-order valence-corrected chi connectivity index (χ3v) is 3.15. The first-order chi connectivity index (χ1) is 10.3. The number of carbonyl (C=O) groups is 1. The lowest BCUT2D eigenvalue weighted by Crippen LogP contribution is -1.93. The highest BCUT2D eigenvalue weighted by molar-refractivity contribution is 5.66. The lowest BCUT2D eigenvalue weighted by atomic mass is 10.1. The largest absolute Gasteiger partial charge is 0.481 e. The summed E-state index contributed by atoms with van der Waals surface area (Å²) in [6.45, 7) is 0.284. The van der Waals surface area contributed by atoms with Gasteiger partial charge in [0.1, 0.15) is 0 Å². The van der Waals surface area contributed by atoms with Gasteiger partial charge < -0.3 is 10.2 Å². The van der Waals surface area contributed by atoms with Crippen molar-refractivity contribution in [2.24, 2.45) is 0 Å². The van der Waals surface area contributed by atoms with E-state index < -0.39 is 5.97 Å². The highest BCUT2D eigenvalue weighted by atomic mass is 16.4. The Morgan fingerprint density at radius 3 is 1.81 bits per heavy atom. The van der Waals surface area contributed by atoms with E-state index in [0.717, 1.165) is 44.9 Å². The van der Waals surface area contributed by atoms with Crippen LogP contribution in [0.25, 0.3) is 0 Å². The van der Waals surface area contributed by atoms with Crippen molar-refractivity contribution in [1.29, 1.82) is 0 Å². The Hall–Kier alpha value is -1.35. The molecule has 0 unspecified atom stereocenters. The molecule has 0 aliphatic rings. The summed E-state index contributed by atoms with van der Waals surface area (Å²) in [5.74, 6) is -0.688. The quantitative estimate of drug-likeness (QED) is 0.362. The molecular formula is C18H30O3. The van der Waals surface area contributed by atoms with Gasteiger partial charge in [-0.2, -0.15) is 0 Å². The maximum Gasteiger partial charge on any atom is 0.303 e. The average Bonchev–Trinajstić information content (AvgIpc) is 2.46. The molecule has 0 spiro atoms. The SMILES string of the molecule is O=C(O)CCCCCCC\C=C/C=C/C=C/CCCCO. The Morgan fingerprint density at radius 1 is 0.714 bits per heavy atom. The van der Waals surface area contributed by atoms with Crippen LogP contribution in [0, 0.1) is 0 Å². The first-order valence-electron chi connectivity index (χ1n) is 8.08. The minimum Gasteiger partial charge on any atom is -0.481 e. The van der Waals surface area contributed by atoms with Gasteiger partial charge in [0.2, 0.25) is 0 Å². The van der Waals surface area contributed by atoms with E-state index in [4.69, 9.17) is 10.2 Å². The van der Waals surface area contributed by atoms with Gasteiger partial charge in [0.05, 0.1) is 0 Å². The molecule has 2 N–H and O–H groups in total. The third kappa shape index (κ3) is 18.6. The van der Waals surface area contributed by atoms with Crippen LogP contribution in [-0.2, 0) is 4.79 Å². The van der Waals surface area contributed by atoms with Gasteiger partial charge in [0.15, 0.2) is 0 Å². The van der Waals surface area contributed by atoms with Crippen molar-refractivity contribution in [2.45, 2.75) is 64.2 Å². The second kappa shape index (κ2) is 16.7. The van der Waals surface area contributed by atoms with Crippen molar-refractivity contribution in [1.82, 2.24) is 0 Å². The summed E-state index contributed by atoms with van der Waals surface area (Å²) in [6, 6.07) is 0. The number of rotatable bonds is 14. The zero-order valence-corrected chi connectivity index (χ0v) is 13.0. The summed E-state index contributed by atoms with van der Waals surface area (Å²) in [5, 5.41) is 17.1. The summed E-state index contributed by atoms with van der Waals surface area (Å²) in [4.78, 5) is 10.3. The van der Waals surface area contributed by atoms with Crippen LogP contribution in [0.5, 0.6) is 0 Å². The Balaban J connectivity index is 3.30. The predicted molar refractivity (Wildman–Crippen MR) is 88.3 cm³/mol. The number of carboxylic acids is 1. The predicted octanol–water partition coefficient (Wildman–Crippen LogP) is 4.63. The monoisotopic (exact) mass is 294 g/mol. The van der Waals surface area contributed by atoms with E-state index in [0.29, 0.717) is 6.42 Å². The van der Waals surface area contributed by atoms with Gasteiger partial charge in [0.25, 0.3) is 0 Å². The maximum atomic E-state index is 10.3. The van der Waals surface area contributed by atoms with Crippen LogP contribution in [0.2, 0.25) is 0 Å². The first-order valence-corrected chi connectivity index (χ1v) is 8.08. The molecule has 0 fully saturated rings. The normalized spacial score (nSPS) is 12.0. The molecule has 0 saturated heterocycles. The van der Waals surface area contributed by atoms with Gasteiger partial charge in [-0.1, -0.05) is 55.7 Å². The number of aliphatic carboxylic acids is 1. The van der Waals surface area contributed by atoms with Crippen LogP contribution in [0.4, 0.5) is 0 Å². The molecule has 0 amide bonds. The molecule has 0 aromatic carbocycles. The second-order valence-corrected chi connectivity index (χ2v) is 5.16. The summed E-state index contributed by atoms with van der Waals surface area (Å²) in [6.07, 6.45) is 22.1. The molecule has 0 bridgehead atoms. The van der Waals surface area contributed by atoms with Crippen molar-refractivity contribution < 1.29 is 15.0 Å². The molecular weight excluding hydrogens is 264 g/mol. The van der Waals surface area contributed by atoms with Crippen LogP contribution in [0.15, 0.2) is 36.5 Å². The Bertz CT molecular complexity index is 316. The van der Waals surface area contributed by atoms with Gasteiger partial charge in [-0.15, -0.1) is 0 Å². The average molecular weight is 294 g/mol. The molecule has 3 heteroatoms. The van der Waals surface area contributed by atoms with Gasteiger partial charge in [-0.05, 0) is 38.5 Å². The van der Waals surface area contributed by atoms with Gasteiger partial charge in [0, 0.05) is 13.0 Å². The summed E-state index contributed by atoms with van der Waals surface area (Å²) in [5.41, 5.74) is 0. The van der Waals surface area contributed by atoms with Gasteiger partial charge in [-0.25, -0.2) is 0 Å². The number of hydrogen-bond donors (Lipinski definition) is 2. The highest BCUT2D eigenvalue weighted by Crippen LogP contribution is 2.07. The third-order valence-electron chi connectivity index (χ3n) is 3.15. The number of hydrogen-bond acceptors (Lipinski definition) is 2. The minimum absolute atomic E-state index is 0.284. The van der Waals surface area contributed by atoms with Crippen molar-refractivity contribution in [3.05, 3.63) is 36.5 Å². The van der Waals surface area contributed by atoms with E-state index in [1.807, 2.05) is 18.2 Å². The van der Waals surface area contributed by atoms with E-state index in [1.165, 1.54) is 12.8 Å². The lowest BCUT2D eigenvalue weighted by molar-refractivity contribution is -0.137. The fourth-order valence-corrected chi connectivity index (χ4v) is 1.92. The molecule has 0 aliphatic heterocycles. The summed E-state index contributed by atoms with van der Waals surface area (Å²) >= 11 is 0. The molecule has 120 valence electrons. The smallest absolute Gasteiger partial charge is 0.303 e. The van der Waals surface area contributed by atoms with Crippen LogP contribution >= 0.6 is 0 Å². The highest BCUT2D eigenvalue weighted by Gasteiger charge is 1.95. The number of aliphatic hydroxyl groups is 1. The summed E-state index contributed by atoms with van der Waals surface area (Å²) in [7, 11) is 0. The van der Waals surface area contributed by atoms with E-state index in [-0.39, 0.29) is 6.61 Å². The molecule has 3 nitrogen and oxygen atoms in total. The molecule has 21 heavy (non-hydrogen) atoms. The van der Waals surface area contributed by atoms with Crippen molar-refractivity contribution >= 4 is 5.97 Å². The fraction of sp³-hybridized carbons (Fsp3) is 0.611.